The molecule has 0 spiro atoms. The maximum absolute atomic E-state index is 14.2. The third kappa shape index (κ3) is 4.55. The molecule has 1 fully saturated rings. The van der Waals surface area contributed by atoms with Crippen LogP contribution in [0.2, 0.25) is 0 Å². The summed E-state index contributed by atoms with van der Waals surface area (Å²) in [5, 5.41) is 0. The van der Waals surface area contributed by atoms with E-state index in [0.29, 0.717) is 35.4 Å². The van der Waals surface area contributed by atoms with Crippen LogP contribution in [-0.4, -0.2) is 51.1 Å². The Morgan fingerprint density at radius 2 is 1.81 bits per heavy atom. The number of aromatic nitrogens is 3. The Morgan fingerprint density at radius 1 is 1.08 bits per heavy atom. The Hall–Kier alpha value is -4.20. The molecule has 0 bridgehead atoms. The largest absolute Gasteiger partial charge is 0.494 e. The fourth-order valence-corrected chi connectivity index (χ4v) is 4.98. The second-order valence-corrected chi connectivity index (χ2v) is 10.3. The first kappa shape index (κ1) is 24.5. The third-order valence-corrected chi connectivity index (χ3v) is 6.68. The van der Waals surface area contributed by atoms with Gasteiger partial charge in [-0.3, -0.25) is 9.78 Å². The summed E-state index contributed by atoms with van der Waals surface area (Å²) in [6, 6.07) is 17.3. The fraction of sp³-hybridized carbons (Fsp3) is 0.310. The lowest BCUT2D eigenvalue weighted by atomic mass is 9.73. The Morgan fingerprint density at radius 3 is 2.49 bits per heavy atom. The Bertz CT molecular complexity index is 1440. The third-order valence-electron chi connectivity index (χ3n) is 6.68. The van der Waals surface area contributed by atoms with Crippen molar-refractivity contribution in [2.24, 2.45) is 0 Å². The number of carbonyl (C=O) groups is 2. The minimum absolute atomic E-state index is 0.256. The summed E-state index contributed by atoms with van der Waals surface area (Å²) in [4.78, 5) is 40.9. The van der Waals surface area contributed by atoms with Gasteiger partial charge in [-0.25, -0.2) is 14.7 Å². The molecule has 1 aliphatic rings. The average Bonchev–Trinajstić information content (AvgIpc) is 3.46. The van der Waals surface area contributed by atoms with E-state index in [1.807, 2.05) is 54.6 Å². The number of nitrogens with zero attached hydrogens (tertiary/aromatic N) is 3. The maximum atomic E-state index is 14.2. The summed E-state index contributed by atoms with van der Waals surface area (Å²) >= 11 is 0. The number of H-pyrrole nitrogens is 1. The van der Waals surface area contributed by atoms with Gasteiger partial charge in [0.1, 0.15) is 22.7 Å². The Kier molecular flexibility index (Phi) is 6.19. The monoisotopic (exact) mass is 498 g/mol. The molecule has 1 aliphatic heterocycles. The molecule has 190 valence electrons. The summed E-state index contributed by atoms with van der Waals surface area (Å²) in [7, 11) is 1.60. The van der Waals surface area contributed by atoms with Crippen molar-refractivity contribution >= 4 is 23.0 Å². The highest BCUT2D eigenvalue weighted by Crippen LogP contribution is 2.44. The summed E-state index contributed by atoms with van der Waals surface area (Å²) < 4.78 is 11.2. The molecule has 8 heteroatoms. The molecule has 0 radical (unpaired) electrons. The fourth-order valence-electron chi connectivity index (χ4n) is 4.98. The van der Waals surface area contributed by atoms with Gasteiger partial charge >= 0.3 is 6.09 Å². The van der Waals surface area contributed by atoms with Gasteiger partial charge in [-0.05, 0) is 62.9 Å². The number of benzene rings is 2. The van der Waals surface area contributed by atoms with Gasteiger partial charge in [-0.2, -0.15) is 0 Å². The van der Waals surface area contributed by atoms with E-state index in [9.17, 15) is 9.59 Å². The first-order valence-electron chi connectivity index (χ1n) is 12.3. The molecule has 0 aliphatic carbocycles. The number of fused-ring (bicyclic) bond motifs is 1. The van der Waals surface area contributed by atoms with E-state index in [2.05, 4.69) is 9.97 Å². The number of hydrogen-bond donors (Lipinski definition) is 1. The number of methoxy groups -OCH3 is 1. The highest BCUT2D eigenvalue weighted by molar-refractivity contribution is 6.03. The van der Waals surface area contributed by atoms with Crippen molar-refractivity contribution in [3.63, 3.8) is 0 Å². The molecule has 1 unspecified atom stereocenters. The molecule has 1 saturated heterocycles. The van der Waals surface area contributed by atoms with Crippen molar-refractivity contribution in [1.82, 2.24) is 19.9 Å². The topological polar surface area (TPSA) is 97.4 Å². The van der Waals surface area contributed by atoms with Gasteiger partial charge in [0.05, 0.1) is 18.0 Å². The van der Waals surface area contributed by atoms with Gasteiger partial charge in [0.25, 0.3) is 0 Å². The first-order chi connectivity index (χ1) is 17.7. The second kappa shape index (κ2) is 9.35. The van der Waals surface area contributed by atoms with E-state index >= 15 is 0 Å². The van der Waals surface area contributed by atoms with E-state index in [4.69, 9.17) is 14.5 Å². The van der Waals surface area contributed by atoms with Crippen LogP contribution in [0.25, 0.3) is 22.4 Å². The average molecular weight is 499 g/mol. The van der Waals surface area contributed by atoms with Gasteiger partial charge in [0.15, 0.2) is 0 Å². The molecule has 2 aromatic heterocycles. The zero-order valence-corrected chi connectivity index (χ0v) is 21.4. The lowest BCUT2D eigenvalue weighted by Gasteiger charge is -2.29. The van der Waals surface area contributed by atoms with Crippen LogP contribution in [0.4, 0.5) is 4.79 Å². The van der Waals surface area contributed by atoms with Gasteiger partial charge in [0, 0.05) is 24.5 Å². The van der Waals surface area contributed by atoms with Crippen molar-refractivity contribution < 1.29 is 19.1 Å². The number of nitrogens with one attached hydrogen (secondary N) is 1. The smallest absolute Gasteiger partial charge is 0.417 e. The first-order valence-corrected chi connectivity index (χ1v) is 12.3. The van der Waals surface area contributed by atoms with E-state index in [1.54, 1.807) is 40.3 Å². The molecule has 37 heavy (non-hydrogen) atoms. The number of pyridine rings is 1. The molecular weight excluding hydrogens is 468 g/mol. The zero-order valence-electron chi connectivity index (χ0n) is 21.4. The van der Waals surface area contributed by atoms with Crippen molar-refractivity contribution in [3.05, 3.63) is 78.1 Å². The standard InChI is InChI=1S/C29H30N4O4/c1-28(2,3)37-27(35)33-17-14-29(26(33)34,18-19-12-15-30-16-13-19)21-10-11-22(36-4)24-23(21)31-25(32-24)20-8-6-5-7-9-20/h5-13,15-16H,14,17-18H2,1-4H3,(H,31,32). The van der Waals surface area contributed by atoms with E-state index in [1.165, 1.54) is 4.90 Å². The molecule has 5 rings (SSSR count). The van der Waals surface area contributed by atoms with E-state index < -0.39 is 17.1 Å². The lowest BCUT2D eigenvalue weighted by molar-refractivity contribution is -0.131. The molecule has 0 saturated carbocycles. The van der Waals surface area contributed by atoms with Crippen molar-refractivity contribution in [2.45, 2.75) is 44.6 Å². The number of imide groups is 1. The van der Waals surface area contributed by atoms with Crippen LogP contribution in [0.15, 0.2) is 67.0 Å². The van der Waals surface area contributed by atoms with Crippen molar-refractivity contribution in [2.75, 3.05) is 13.7 Å². The number of imidazole rings is 1. The number of ether oxygens (including phenoxy) is 2. The van der Waals surface area contributed by atoms with Crippen LogP contribution in [0.3, 0.4) is 0 Å². The summed E-state index contributed by atoms with van der Waals surface area (Å²) in [6.45, 7) is 5.63. The van der Waals surface area contributed by atoms with Gasteiger partial charge in [0.2, 0.25) is 5.91 Å². The molecule has 8 nitrogen and oxygen atoms in total. The number of aromatic amines is 1. The summed E-state index contributed by atoms with van der Waals surface area (Å²) in [6.07, 6.45) is 3.62. The molecule has 2 amide bonds. The molecule has 4 aromatic rings. The van der Waals surface area contributed by atoms with Gasteiger partial charge in [-0.1, -0.05) is 36.4 Å². The SMILES string of the molecule is COc1ccc(C2(Cc3ccncc3)CCN(C(=O)OC(C)(C)C)C2=O)c2[nH]c(-c3ccccc3)nc12. The summed E-state index contributed by atoms with van der Waals surface area (Å²) in [5.41, 5.74) is 2.26. The number of likely N-dealkylation sites (tertiary alicyclic amines) is 1. The zero-order chi connectivity index (χ0) is 26.2. The molecular formula is C29H30N4O4. The molecule has 1 atom stereocenters. The van der Waals surface area contributed by atoms with Crippen LogP contribution in [0.5, 0.6) is 5.75 Å². The van der Waals surface area contributed by atoms with Crippen LogP contribution in [0, 0.1) is 0 Å². The second-order valence-electron chi connectivity index (χ2n) is 10.3. The number of hydrogen-bond acceptors (Lipinski definition) is 6. The van der Waals surface area contributed by atoms with Crippen LogP contribution in [0.1, 0.15) is 38.3 Å². The molecule has 3 heterocycles. The van der Waals surface area contributed by atoms with E-state index in [-0.39, 0.29) is 12.5 Å². The number of amides is 2. The summed E-state index contributed by atoms with van der Waals surface area (Å²) in [5.74, 6) is 0.987. The minimum atomic E-state index is -1.01. The van der Waals surface area contributed by atoms with Crippen LogP contribution in [-0.2, 0) is 21.4 Å². The predicted octanol–water partition coefficient (Wildman–Crippen LogP) is 5.28. The minimum Gasteiger partial charge on any atom is -0.494 e. The number of rotatable bonds is 5. The highest BCUT2D eigenvalue weighted by atomic mass is 16.6. The van der Waals surface area contributed by atoms with Gasteiger partial charge in [-0.15, -0.1) is 0 Å². The van der Waals surface area contributed by atoms with Crippen LogP contribution < -0.4 is 4.74 Å². The number of carbonyl (C=O) groups excluding carboxylic acids is 2. The molecule has 2 aromatic carbocycles. The van der Waals surface area contributed by atoms with Crippen molar-refractivity contribution in [1.29, 1.82) is 0 Å². The normalized spacial score (nSPS) is 17.8. The highest BCUT2D eigenvalue weighted by Gasteiger charge is 2.52. The molecule has 1 N–H and O–H groups in total. The quantitative estimate of drug-likeness (QED) is 0.402. The van der Waals surface area contributed by atoms with Crippen molar-refractivity contribution in [3.8, 4) is 17.1 Å². The Balaban J connectivity index is 1.67. The van der Waals surface area contributed by atoms with E-state index in [0.717, 1.165) is 16.7 Å². The Labute approximate surface area is 215 Å². The van der Waals surface area contributed by atoms with Gasteiger partial charge < -0.3 is 14.5 Å². The predicted molar refractivity (Wildman–Crippen MR) is 140 cm³/mol. The maximum Gasteiger partial charge on any atom is 0.417 e. The van der Waals surface area contributed by atoms with Crippen LogP contribution >= 0.6 is 0 Å². The lowest BCUT2D eigenvalue weighted by Crippen LogP contribution is -2.44.